The highest BCUT2D eigenvalue weighted by Gasteiger charge is 2.19. The van der Waals surface area contributed by atoms with E-state index in [9.17, 15) is 0 Å². The molecule has 1 aromatic heterocycles. The zero-order chi connectivity index (χ0) is 46.6. The van der Waals surface area contributed by atoms with Crippen LogP contribution in [0.25, 0.3) is 76.9 Å². The van der Waals surface area contributed by atoms with Crippen LogP contribution in [0.2, 0.25) is 0 Å². The highest BCUT2D eigenvalue weighted by Crippen LogP contribution is 2.44. The lowest BCUT2D eigenvalue weighted by atomic mass is 9.96. The van der Waals surface area contributed by atoms with Gasteiger partial charge < -0.3 is 9.32 Å². The summed E-state index contributed by atoms with van der Waals surface area (Å²) < 4.78 is 126. The first kappa shape index (κ1) is 18.9. The maximum atomic E-state index is 8.91. The summed E-state index contributed by atoms with van der Waals surface area (Å²) >= 11 is 0. The van der Waals surface area contributed by atoms with Crippen LogP contribution in [0.5, 0.6) is 0 Å². The fraction of sp³-hybridized carbons (Fsp3) is 0. The van der Waals surface area contributed by atoms with E-state index in [2.05, 4.69) is 0 Å². The average Bonchev–Trinajstić information content (AvgIpc) is 3.72. The van der Waals surface area contributed by atoms with E-state index >= 15 is 0 Å². The normalized spacial score (nSPS) is 15.2. The predicted octanol–water partition coefficient (Wildman–Crippen LogP) is 14.4. The van der Waals surface area contributed by atoms with E-state index in [4.69, 9.17) is 23.6 Å². The maximum absolute atomic E-state index is 8.91. The van der Waals surface area contributed by atoms with Gasteiger partial charge in [-0.3, -0.25) is 0 Å². The van der Waals surface area contributed by atoms with Crippen LogP contribution in [-0.2, 0) is 0 Å². The monoisotopic (exact) mass is 677 g/mol. The predicted molar refractivity (Wildman–Crippen MR) is 220 cm³/mol. The van der Waals surface area contributed by atoms with E-state index < -0.39 is 66.5 Å². The first-order chi connectivity index (χ1) is 31.6. The van der Waals surface area contributed by atoms with Crippen molar-refractivity contribution in [3.05, 3.63) is 200 Å². The zero-order valence-corrected chi connectivity index (χ0v) is 27.3. The summed E-state index contributed by atoms with van der Waals surface area (Å²) in [6.45, 7) is 0. The van der Waals surface area contributed by atoms with Gasteiger partial charge in [0.15, 0.2) is 0 Å². The van der Waals surface area contributed by atoms with E-state index in [1.54, 1.807) is 24.3 Å². The van der Waals surface area contributed by atoms with Gasteiger partial charge in [0.2, 0.25) is 0 Å². The third-order valence-electron chi connectivity index (χ3n) is 9.29. The smallest absolute Gasteiger partial charge is 0.137 e. The molecule has 2 nitrogen and oxygen atoms in total. The van der Waals surface area contributed by atoms with E-state index in [0.717, 1.165) is 33.3 Å². The minimum Gasteiger partial charge on any atom is -0.456 e. The Hall–Kier alpha value is -6.90. The van der Waals surface area contributed by atoms with Crippen LogP contribution in [0.4, 0.5) is 17.1 Å². The molecule has 2 heteroatoms. The summed E-state index contributed by atoms with van der Waals surface area (Å²) in [5, 5.41) is 1.55. The number of benzene rings is 9. The molecular formula is C50H33NO. The van der Waals surface area contributed by atoms with Crippen molar-refractivity contribution < 1.29 is 23.6 Å². The van der Waals surface area contributed by atoms with Crippen molar-refractivity contribution in [3.63, 3.8) is 0 Å². The van der Waals surface area contributed by atoms with Crippen molar-refractivity contribution >= 4 is 60.5 Å². The molecule has 0 unspecified atom stereocenters. The molecule has 1 heterocycles. The zero-order valence-electron chi connectivity index (χ0n) is 41.3. The quantitative estimate of drug-likeness (QED) is 0.174. The first-order valence-corrected chi connectivity index (χ1v) is 16.6. The van der Waals surface area contributed by atoms with Crippen LogP contribution in [0, 0.1) is 0 Å². The Kier molecular flexibility index (Phi) is 4.53. The Morgan fingerprint density at radius 2 is 0.865 bits per heavy atom. The fourth-order valence-corrected chi connectivity index (χ4v) is 6.84. The van der Waals surface area contributed by atoms with Gasteiger partial charge in [-0.05, 0) is 97.4 Å². The summed E-state index contributed by atoms with van der Waals surface area (Å²) in [5.74, 6) is 0. The molecule has 0 N–H and O–H groups in total. The molecule has 0 saturated carbocycles. The molecule has 0 aliphatic heterocycles. The van der Waals surface area contributed by atoms with Crippen LogP contribution in [0.15, 0.2) is 204 Å². The average molecular weight is 678 g/mol. The Balaban J connectivity index is 1.09. The molecule has 0 atom stereocenters. The summed E-state index contributed by atoms with van der Waals surface area (Å²) in [6.07, 6.45) is 0. The standard InChI is InChI=1S/C50H33NO/c1-3-14-42-36(10-1)12-7-17-44(42)38-24-22-34(23-25-38)35-26-30-40(31-27-35)51(47-19-9-21-49-50(47)46-16-5-6-20-48(46)52-49)41-32-28-39(29-33-41)45-18-8-13-37-11-2-4-15-43(37)45/h1-33H/i1D,2D,3D,4D,7D,8D,10D,11D,12D,13D,14D,15D,17D,18D. The molecule has 0 bridgehead atoms. The molecule has 52 heavy (non-hydrogen) atoms. The third kappa shape index (κ3) is 5.12. The Labute approximate surface area is 322 Å². The molecule has 9 aromatic carbocycles. The largest absolute Gasteiger partial charge is 0.456 e. The van der Waals surface area contributed by atoms with Gasteiger partial charge in [0, 0.05) is 16.8 Å². The van der Waals surface area contributed by atoms with Crippen molar-refractivity contribution in [3.8, 4) is 33.4 Å². The summed E-state index contributed by atoms with van der Waals surface area (Å²) in [6, 6.07) is 29.5. The molecule has 0 spiro atoms. The highest BCUT2D eigenvalue weighted by atomic mass is 16.3. The number of fused-ring (bicyclic) bond motifs is 5. The lowest BCUT2D eigenvalue weighted by molar-refractivity contribution is 0.669. The fourth-order valence-electron chi connectivity index (χ4n) is 6.84. The lowest BCUT2D eigenvalue weighted by Crippen LogP contribution is -2.10. The molecule has 244 valence electrons. The van der Waals surface area contributed by atoms with Crippen LogP contribution in [0.3, 0.4) is 0 Å². The number of hydrogen-bond donors (Lipinski definition) is 0. The van der Waals surface area contributed by atoms with Crippen molar-refractivity contribution in [2.75, 3.05) is 4.90 Å². The topological polar surface area (TPSA) is 16.4 Å². The Morgan fingerprint density at radius 3 is 1.48 bits per heavy atom. The summed E-state index contributed by atoms with van der Waals surface area (Å²) in [7, 11) is 0. The van der Waals surface area contributed by atoms with Gasteiger partial charge in [0.05, 0.1) is 30.3 Å². The molecule has 10 rings (SSSR count). The first-order valence-electron chi connectivity index (χ1n) is 23.6. The van der Waals surface area contributed by atoms with Gasteiger partial charge >= 0.3 is 0 Å². The molecule has 0 saturated heterocycles. The van der Waals surface area contributed by atoms with Gasteiger partial charge in [-0.25, -0.2) is 0 Å². The van der Waals surface area contributed by atoms with Gasteiger partial charge in [-0.1, -0.05) is 157 Å². The number of para-hydroxylation sites is 1. The van der Waals surface area contributed by atoms with E-state index in [-0.39, 0.29) is 50.8 Å². The minimum atomic E-state index is -0.518. The number of furan rings is 1. The molecule has 0 aliphatic carbocycles. The molecule has 0 fully saturated rings. The van der Waals surface area contributed by atoms with Crippen LogP contribution >= 0.6 is 0 Å². The number of anilines is 3. The Morgan fingerprint density at radius 1 is 0.385 bits per heavy atom. The van der Waals surface area contributed by atoms with Crippen LogP contribution < -0.4 is 4.90 Å². The van der Waals surface area contributed by atoms with Crippen LogP contribution in [0.1, 0.15) is 19.2 Å². The summed E-state index contributed by atoms with van der Waals surface area (Å²) in [4.78, 5) is 2.05. The summed E-state index contributed by atoms with van der Waals surface area (Å²) in [5.41, 5.74) is 6.40. The number of rotatable bonds is 6. The molecule has 0 radical (unpaired) electrons. The third-order valence-corrected chi connectivity index (χ3v) is 9.29. The minimum absolute atomic E-state index is 0.00289. The van der Waals surface area contributed by atoms with E-state index in [1.165, 1.54) is 0 Å². The number of nitrogens with zero attached hydrogens (tertiary/aromatic N) is 1. The number of hydrogen-bond acceptors (Lipinski definition) is 2. The molecule has 10 aromatic rings. The van der Waals surface area contributed by atoms with Gasteiger partial charge in [0.1, 0.15) is 11.2 Å². The molecule has 0 amide bonds. The lowest BCUT2D eigenvalue weighted by Gasteiger charge is -2.26. The van der Waals surface area contributed by atoms with Crippen LogP contribution in [-0.4, -0.2) is 0 Å². The Bertz CT molecular complexity index is 3670. The van der Waals surface area contributed by atoms with Gasteiger partial charge in [0.25, 0.3) is 0 Å². The SMILES string of the molecule is [2H]c1c([2H])c([2H])c2c(-c3ccc(-c4ccc(N(c5ccc(-c6c([2H])c([2H])c([2H])c7c([2H])c([2H])c([2H])c([2H])c67)cc5)c5cccc6oc7ccccc7c56)cc4)cc3)c([2H])c([2H])c([2H])c2c1[2H]. The molecular weight excluding hydrogens is 631 g/mol. The van der Waals surface area contributed by atoms with Crippen molar-refractivity contribution in [1.82, 2.24) is 0 Å². The molecule has 0 aliphatic rings. The van der Waals surface area contributed by atoms with Gasteiger partial charge in [-0.15, -0.1) is 0 Å². The highest BCUT2D eigenvalue weighted by molar-refractivity contribution is 6.13. The van der Waals surface area contributed by atoms with E-state index in [0.29, 0.717) is 28.0 Å². The van der Waals surface area contributed by atoms with Crippen molar-refractivity contribution in [2.24, 2.45) is 0 Å². The second kappa shape index (κ2) is 12.5. The van der Waals surface area contributed by atoms with Crippen molar-refractivity contribution in [2.45, 2.75) is 0 Å². The second-order valence-corrected chi connectivity index (χ2v) is 12.3. The maximum Gasteiger partial charge on any atom is 0.137 e. The van der Waals surface area contributed by atoms with E-state index in [1.807, 2.05) is 95.9 Å². The van der Waals surface area contributed by atoms with Gasteiger partial charge in [-0.2, -0.15) is 0 Å². The second-order valence-electron chi connectivity index (χ2n) is 12.3. The van der Waals surface area contributed by atoms with Crippen molar-refractivity contribution in [1.29, 1.82) is 0 Å².